The molecule has 0 unspecified atom stereocenters. The lowest BCUT2D eigenvalue weighted by Crippen LogP contribution is -2.28. The first kappa shape index (κ1) is 13.6. The minimum Gasteiger partial charge on any atom is -0.334 e. The molecule has 4 nitrogen and oxygen atoms in total. The number of nitrogens with one attached hydrogen (secondary N) is 2. The fourth-order valence-electron chi connectivity index (χ4n) is 2.00. The Balaban J connectivity index is 1.63. The van der Waals surface area contributed by atoms with E-state index >= 15 is 0 Å². The lowest BCUT2D eigenvalue weighted by Gasteiger charge is -2.04. The number of rotatable bonds is 3. The van der Waals surface area contributed by atoms with Crippen LogP contribution in [0, 0.1) is 6.92 Å². The van der Waals surface area contributed by atoms with Gasteiger partial charge in [0.05, 0.1) is 10.2 Å². The van der Waals surface area contributed by atoms with Gasteiger partial charge < -0.3 is 5.32 Å². The number of hydrogen-bond acceptors (Lipinski definition) is 3. The molecule has 0 saturated carbocycles. The van der Waals surface area contributed by atoms with Crippen molar-refractivity contribution >= 4 is 32.7 Å². The van der Waals surface area contributed by atoms with Crippen LogP contribution in [0.2, 0.25) is 0 Å². The summed E-state index contributed by atoms with van der Waals surface area (Å²) in [6, 6.07) is 15.6. The minimum absolute atomic E-state index is 0.241. The molecule has 5 heteroatoms. The van der Waals surface area contributed by atoms with E-state index in [1.165, 1.54) is 16.9 Å². The number of aryl methyl sites for hydroxylation is 1. The highest BCUT2D eigenvalue weighted by Gasteiger charge is 2.07. The summed E-state index contributed by atoms with van der Waals surface area (Å²) in [5.74, 6) is 0. The molecule has 2 N–H and O–H groups in total. The average Bonchev–Trinajstić information content (AvgIpc) is 2.87. The second-order valence-corrected chi connectivity index (χ2v) is 5.81. The molecule has 106 valence electrons. The molecule has 0 fully saturated rings. The Morgan fingerprint density at radius 3 is 2.81 bits per heavy atom. The van der Waals surface area contributed by atoms with Gasteiger partial charge in [0.2, 0.25) is 0 Å². The number of fused-ring (bicyclic) bond motifs is 1. The maximum absolute atomic E-state index is 11.9. The van der Waals surface area contributed by atoms with E-state index in [9.17, 15) is 4.79 Å². The zero-order valence-corrected chi connectivity index (χ0v) is 12.4. The van der Waals surface area contributed by atoms with E-state index in [0.29, 0.717) is 11.7 Å². The van der Waals surface area contributed by atoms with Crippen LogP contribution in [0.25, 0.3) is 10.2 Å². The quantitative estimate of drug-likeness (QED) is 0.769. The molecule has 3 aromatic rings. The van der Waals surface area contributed by atoms with Gasteiger partial charge in [-0.25, -0.2) is 9.78 Å². The highest BCUT2D eigenvalue weighted by atomic mass is 32.1. The van der Waals surface area contributed by atoms with Gasteiger partial charge in [-0.3, -0.25) is 5.32 Å². The number of nitrogens with zero attached hydrogens (tertiary/aromatic N) is 1. The largest absolute Gasteiger partial charge is 0.334 e. The topological polar surface area (TPSA) is 54.0 Å². The second kappa shape index (κ2) is 5.93. The number of aromatic nitrogens is 1. The number of carbonyl (C=O) groups is 1. The fourth-order valence-corrected chi connectivity index (χ4v) is 2.96. The maximum atomic E-state index is 11.9. The molecule has 0 radical (unpaired) electrons. The summed E-state index contributed by atoms with van der Waals surface area (Å²) < 4.78 is 1.08. The standard InChI is InChI=1S/C16H15N3OS/c1-11-7-8-13-14(9-11)21-16(18-13)19-15(20)17-10-12-5-3-2-4-6-12/h2-9H,10H2,1H3,(H2,17,18,19,20). The van der Waals surface area contributed by atoms with E-state index in [1.54, 1.807) is 0 Å². The van der Waals surface area contributed by atoms with Crippen molar-refractivity contribution < 1.29 is 4.79 Å². The Morgan fingerprint density at radius 1 is 1.19 bits per heavy atom. The van der Waals surface area contributed by atoms with Crippen molar-refractivity contribution in [1.82, 2.24) is 10.3 Å². The summed E-state index contributed by atoms with van der Waals surface area (Å²) in [6.07, 6.45) is 0. The molecular formula is C16H15N3OS. The van der Waals surface area contributed by atoms with Crippen molar-refractivity contribution in [3.8, 4) is 0 Å². The van der Waals surface area contributed by atoms with Gasteiger partial charge in [-0.2, -0.15) is 0 Å². The lowest BCUT2D eigenvalue weighted by molar-refractivity contribution is 0.251. The van der Waals surface area contributed by atoms with Crippen LogP contribution in [-0.2, 0) is 6.54 Å². The first-order chi connectivity index (χ1) is 10.2. The van der Waals surface area contributed by atoms with Crippen LogP contribution in [-0.4, -0.2) is 11.0 Å². The number of thiazole rings is 1. The Bertz CT molecular complexity index is 768. The van der Waals surface area contributed by atoms with E-state index < -0.39 is 0 Å². The van der Waals surface area contributed by atoms with Gasteiger partial charge >= 0.3 is 6.03 Å². The normalized spacial score (nSPS) is 10.5. The molecule has 2 amide bonds. The summed E-state index contributed by atoms with van der Waals surface area (Å²) in [5.41, 5.74) is 3.16. The first-order valence-electron chi connectivity index (χ1n) is 6.67. The SMILES string of the molecule is Cc1ccc2nc(NC(=O)NCc3ccccc3)sc2c1. The van der Waals surface area contributed by atoms with E-state index in [2.05, 4.69) is 21.7 Å². The number of anilines is 1. The minimum atomic E-state index is -0.241. The molecule has 0 spiro atoms. The van der Waals surface area contributed by atoms with Gasteiger partial charge in [-0.1, -0.05) is 47.7 Å². The van der Waals surface area contributed by atoms with E-state index in [4.69, 9.17) is 0 Å². The summed E-state index contributed by atoms with van der Waals surface area (Å²) >= 11 is 1.48. The van der Waals surface area contributed by atoms with Crippen LogP contribution in [0.5, 0.6) is 0 Å². The van der Waals surface area contributed by atoms with Crippen molar-refractivity contribution in [2.75, 3.05) is 5.32 Å². The molecule has 0 atom stereocenters. The smallest absolute Gasteiger partial charge is 0.321 e. The maximum Gasteiger partial charge on any atom is 0.321 e. The number of benzene rings is 2. The van der Waals surface area contributed by atoms with Crippen LogP contribution >= 0.6 is 11.3 Å². The monoisotopic (exact) mass is 297 g/mol. The zero-order chi connectivity index (χ0) is 14.7. The summed E-state index contributed by atoms with van der Waals surface area (Å²) in [6.45, 7) is 2.54. The van der Waals surface area contributed by atoms with Gasteiger partial charge in [0.1, 0.15) is 0 Å². The highest BCUT2D eigenvalue weighted by molar-refractivity contribution is 7.22. The number of amides is 2. The number of hydrogen-bond donors (Lipinski definition) is 2. The van der Waals surface area contributed by atoms with Crippen molar-refractivity contribution in [2.24, 2.45) is 0 Å². The predicted octanol–water partition coefficient (Wildman–Crippen LogP) is 3.93. The van der Waals surface area contributed by atoms with Gasteiger partial charge in [0.25, 0.3) is 0 Å². The molecule has 0 aliphatic rings. The number of urea groups is 1. The van der Waals surface area contributed by atoms with Crippen molar-refractivity contribution in [3.05, 3.63) is 59.7 Å². The Kier molecular flexibility index (Phi) is 3.83. The van der Waals surface area contributed by atoms with Gasteiger partial charge in [0, 0.05) is 6.54 Å². The van der Waals surface area contributed by atoms with Crippen molar-refractivity contribution in [2.45, 2.75) is 13.5 Å². The molecule has 2 aromatic carbocycles. The molecule has 0 aliphatic heterocycles. The summed E-state index contributed by atoms with van der Waals surface area (Å²) in [4.78, 5) is 16.3. The van der Waals surface area contributed by atoms with Crippen LogP contribution in [0.15, 0.2) is 48.5 Å². The second-order valence-electron chi connectivity index (χ2n) is 4.78. The third-order valence-corrected chi connectivity index (χ3v) is 3.99. The molecule has 1 aromatic heterocycles. The summed E-state index contributed by atoms with van der Waals surface area (Å²) in [7, 11) is 0. The molecule has 0 aliphatic carbocycles. The Labute approximate surface area is 126 Å². The fraction of sp³-hybridized carbons (Fsp3) is 0.125. The average molecular weight is 297 g/mol. The molecule has 21 heavy (non-hydrogen) atoms. The third kappa shape index (κ3) is 3.38. The van der Waals surface area contributed by atoms with Crippen LogP contribution in [0.3, 0.4) is 0 Å². The van der Waals surface area contributed by atoms with E-state index in [0.717, 1.165) is 15.8 Å². The van der Waals surface area contributed by atoms with Crippen molar-refractivity contribution in [1.29, 1.82) is 0 Å². The predicted molar refractivity (Wildman–Crippen MR) is 86.7 cm³/mol. The van der Waals surface area contributed by atoms with Crippen molar-refractivity contribution in [3.63, 3.8) is 0 Å². The Morgan fingerprint density at radius 2 is 2.00 bits per heavy atom. The van der Waals surface area contributed by atoms with Crippen LogP contribution in [0.4, 0.5) is 9.93 Å². The van der Waals surface area contributed by atoms with Gasteiger partial charge in [-0.05, 0) is 30.2 Å². The van der Waals surface area contributed by atoms with Gasteiger partial charge in [0.15, 0.2) is 5.13 Å². The molecule has 0 saturated heterocycles. The van der Waals surface area contributed by atoms with Gasteiger partial charge in [-0.15, -0.1) is 0 Å². The molecule has 1 heterocycles. The molecular weight excluding hydrogens is 282 g/mol. The first-order valence-corrected chi connectivity index (χ1v) is 7.48. The zero-order valence-electron chi connectivity index (χ0n) is 11.6. The van der Waals surface area contributed by atoms with E-state index in [1.807, 2.05) is 49.4 Å². The molecule has 0 bridgehead atoms. The van der Waals surface area contributed by atoms with E-state index in [-0.39, 0.29) is 6.03 Å². The number of carbonyl (C=O) groups excluding carboxylic acids is 1. The van der Waals surface area contributed by atoms with Crippen LogP contribution in [0.1, 0.15) is 11.1 Å². The lowest BCUT2D eigenvalue weighted by atomic mass is 10.2. The molecule has 3 rings (SSSR count). The summed E-state index contributed by atoms with van der Waals surface area (Å²) in [5, 5.41) is 6.21. The van der Waals surface area contributed by atoms with Crippen LogP contribution < -0.4 is 10.6 Å². The Hall–Kier alpha value is -2.40. The highest BCUT2D eigenvalue weighted by Crippen LogP contribution is 2.26. The third-order valence-electron chi connectivity index (χ3n) is 3.06.